The van der Waals surface area contributed by atoms with Crippen molar-refractivity contribution in [1.29, 1.82) is 0 Å². The molecule has 1 rings (SSSR count). The van der Waals surface area contributed by atoms with Crippen LogP contribution in [-0.2, 0) is 4.74 Å². The monoisotopic (exact) mass is 298 g/mol. The van der Waals surface area contributed by atoms with E-state index in [0.29, 0.717) is 6.42 Å². The number of halogens is 1. The standard InChI is InChI=1S/C14H19BrO2/c1-10-7-11(9-12(15)8-10)13(16)5-6-14(2,3)17-4/h7-9H,5-6H2,1-4H3. The van der Waals surface area contributed by atoms with Crippen molar-refractivity contribution in [1.82, 2.24) is 0 Å². The van der Waals surface area contributed by atoms with Crippen LogP contribution in [0.25, 0.3) is 0 Å². The number of hydrogen-bond acceptors (Lipinski definition) is 2. The second-order valence-electron chi connectivity index (χ2n) is 4.90. The summed E-state index contributed by atoms with van der Waals surface area (Å²) in [6.07, 6.45) is 1.24. The highest BCUT2D eigenvalue weighted by molar-refractivity contribution is 9.10. The quantitative estimate of drug-likeness (QED) is 0.764. The zero-order chi connectivity index (χ0) is 13.1. The SMILES string of the molecule is COC(C)(C)CCC(=O)c1cc(C)cc(Br)c1. The number of methoxy groups -OCH3 is 1. The third kappa shape index (κ3) is 4.60. The third-order valence-corrected chi connectivity index (χ3v) is 3.33. The minimum Gasteiger partial charge on any atom is -0.379 e. The second-order valence-corrected chi connectivity index (χ2v) is 5.82. The Balaban J connectivity index is 2.70. The maximum atomic E-state index is 12.0. The zero-order valence-corrected chi connectivity index (χ0v) is 12.4. The van der Waals surface area contributed by atoms with Gasteiger partial charge in [0.15, 0.2) is 5.78 Å². The number of ether oxygens (including phenoxy) is 1. The van der Waals surface area contributed by atoms with Gasteiger partial charge in [0, 0.05) is 23.6 Å². The Kier molecular flexibility index (Phi) is 4.90. The van der Waals surface area contributed by atoms with Crippen molar-refractivity contribution in [3.63, 3.8) is 0 Å². The number of ketones is 1. The molecule has 94 valence electrons. The first kappa shape index (κ1) is 14.4. The summed E-state index contributed by atoms with van der Waals surface area (Å²) in [4.78, 5) is 12.0. The van der Waals surface area contributed by atoms with Gasteiger partial charge in [0.1, 0.15) is 0 Å². The van der Waals surface area contributed by atoms with E-state index in [1.807, 2.05) is 39.0 Å². The van der Waals surface area contributed by atoms with Crippen molar-refractivity contribution in [2.45, 2.75) is 39.2 Å². The van der Waals surface area contributed by atoms with E-state index in [4.69, 9.17) is 4.74 Å². The average Bonchev–Trinajstić information content (AvgIpc) is 2.24. The molecule has 0 saturated carbocycles. The van der Waals surface area contributed by atoms with E-state index in [1.54, 1.807) is 7.11 Å². The molecule has 0 aromatic heterocycles. The summed E-state index contributed by atoms with van der Waals surface area (Å²) >= 11 is 3.41. The summed E-state index contributed by atoms with van der Waals surface area (Å²) in [5.41, 5.74) is 1.62. The summed E-state index contributed by atoms with van der Waals surface area (Å²) < 4.78 is 6.26. The predicted octanol–water partition coefficient (Wildman–Crippen LogP) is 4.15. The Morgan fingerprint density at radius 1 is 1.35 bits per heavy atom. The van der Waals surface area contributed by atoms with Gasteiger partial charge in [0.05, 0.1) is 5.60 Å². The van der Waals surface area contributed by atoms with Gasteiger partial charge in [-0.3, -0.25) is 4.79 Å². The Labute approximate surface area is 111 Å². The molecule has 0 aliphatic heterocycles. The highest BCUT2D eigenvalue weighted by Gasteiger charge is 2.18. The molecule has 0 N–H and O–H groups in total. The molecule has 17 heavy (non-hydrogen) atoms. The lowest BCUT2D eigenvalue weighted by Gasteiger charge is -2.22. The number of Topliss-reactive ketones (excluding diaryl/α,β-unsaturated/α-hetero) is 1. The molecule has 0 saturated heterocycles. The van der Waals surface area contributed by atoms with Crippen molar-refractivity contribution in [3.8, 4) is 0 Å². The molecule has 2 nitrogen and oxygen atoms in total. The molecule has 0 aliphatic carbocycles. The van der Waals surface area contributed by atoms with E-state index in [1.165, 1.54) is 0 Å². The second kappa shape index (κ2) is 5.78. The van der Waals surface area contributed by atoms with E-state index in [0.717, 1.165) is 22.0 Å². The average molecular weight is 299 g/mol. The van der Waals surface area contributed by atoms with E-state index in [9.17, 15) is 4.79 Å². The van der Waals surface area contributed by atoms with Crippen LogP contribution in [0.2, 0.25) is 0 Å². The van der Waals surface area contributed by atoms with Crippen LogP contribution in [0.5, 0.6) is 0 Å². The minimum atomic E-state index is -0.239. The van der Waals surface area contributed by atoms with Crippen LogP contribution in [0.3, 0.4) is 0 Å². The van der Waals surface area contributed by atoms with Crippen molar-refractivity contribution >= 4 is 21.7 Å². The Bertz CT molecular complexity index is 390. The molecule has 0 radical (unpaired) electrons. The summed E-state index contributed by atoms with van der Waals surface area (Å²) in [7, 11) is 1.67. The molecule has 0 amide bonds. The van der Waals surface area contributed by atoms with Gasteiger partial charge < -0.3 is 4.74 Å². The van der Waals surface area contributed by atoms with Crippen LogP contribution in [0.1, 0.15) is 42.6 Å². The molecule has 1 aromatic rings. The molecule has 0 aliphatic rings. The fraction of sp³-hybridized carbons (Fsp3) is 0.500. The first-order chi connectivity index (χ1) is 7.84. The molecule has 0 unspecified atom stereocenters. The molecular weight excluding hydrogens is 280 g/mol. The van der Waals surface area contributed by atoms with Gasteiger partial charge in [-0.1, -0.05) is 15.9 Å². The smallest absolute Gasteiger partial charge is 0.163 e. The van der Waals surface area contributed by atoms with Crippen molar-refractivity contribution in [2.24, 2.45) is 0 Å². The predicted molar refractivity (Wildman–Crippen MR) is 73.5 cm³/mol. The number of aryl methyl sites for hydroxylation is 1. The minimum absolute atomic E-state index is 0.166. The molecule has 0 atom stereocenters. The fourth-order valence-electron chi connectivity index (χ4n) is 1.56. The maximum absolute atomic E-state index is 12.0. The van der Waals surface area contributed by atoms with Crippen LogP contribution in [0.15, 0.2) is 22.7 Å². The number of benzene rings is 1. The van der Waals surface area contributed by atoms with Crippen LogP contribution >= 0.6 is 15.9 Å². The molecule has 0 heterocycles. The highest BCUT2D eigenvalue weighted by atomic mass is 79.9. The van der Waals surface area contributed by atoms with Crippen LogP contribution in [0.4, 0.5) is 0 Å². The Morgan fingerprint density at radius 3 is 2.53 bits per heavy atom. The lowest BCUT2D eigenvalue weighted by molar-refractivity contribution is 0.0141. The molecule has 0 bridgehead atoms. The number of carbonyl (C=O) groups is 1. The van der Waals surface area contributed by atoms with E-state index in [-0.39, 0.29) is 11.4 Å². The highest BCUT2D eigenvalue weighted by Crippen LogP contribution is 2.20. The summed E-state index contributed by atoms with van der Waals surface area (Å²) in [5.74, 6) is 0.166. The van der Waals surface area contributed by atoms with Gasteiger partial charge in [-0.15, -0.1) is 0 Å². The van der Waals surface area contributed by atoms with Crippen molar-refractivity contribution < 1.29 is 9.53 Å². The molecule has 0 fully saturated rings. The van der Waals surface area contributed by atoms with E-state index in [2.05, 4.69) is 15.9 Å². The molecule has 3 heteroatoms. The van der Waals surface area contributed by atoms with Gasteiger partial charge >= 0.3 is 0 Å². The first-order valence-electron chi connectivity index (χ1n) is 5.69. The topological polar surface area (TPSA) is 26.3 Å². The van der Waals surface area contributed by atoms with Crippen molar-refractivity contribution in [2.75, 3.05) is 7.11 Å². The molecular formula is C14H19BrO2. The van der Waals surface area contributed by atoms with Gasteiger partial charge in [0.25, 0.3) is 0 Å². The van der Waals surface area contributed by atoms with Gasteiger partial charge in [-0.2, -0.15) is 0 Å². The molecule has 0 spiro atoms. The van der Waals surface area contributed by atoms with E-state index < -0.39 is 0 Å². The summed E-state index contributed by atoms with van der Waals surface area (Å²) in [6.45, 7) is 5.97. The lowest BCUT2D eigenvalue weighted by atomic mass is 9.97. The fourth-order valence-corrected chi connectivity index (χ4v) is 2.17. The lowest BCUT2D eigenvalue weighted by Crippen LogP contribution is -2.23. The van der Waals surface area contributed by atoms with Crippen molar-refractivity contribution in [3.05, 3.63) is 33.8 Å². The normalized spacial score (nSPS) is 11.6. The Morgan fingerprint density at radius 2 is 2.00 bits per heavy atom. The first-order valence-corrected chi connectivity index (χ1v) is 6.49. The summed E-state index contributed by atoms with van der Waals surface area (Å²) in [5, 5.41) is 0. The van der Waals surface area contributed by atoms with E-state index >= 15 is 0 Å². The largest absolute Gasteiger partial charge is 0.379 e. The maximum Gasteiger partial charge on any atom is 0.163 e. The van der Waals surface area contributed by atoms with Crippen LogP contribution in [-0.4, -0.2) is 18.5 Å². The molecule has 1 aromatic carbocycles. The zero-order valence-electron chi connectivity index (χ0n) is 10.8. The number of carbonyl (C=O) groups excluding carboxylic acids is 1. The number of rotatable bonds is 5. The Hall–Kier alpha value is -0.670. The van der Waals surface area contributed by atoms with Crippen LogP contribution < -0.4 is 0 Å². The van der Waals surface area contributed by atoms with Gasteiger partial charge in [0.2, 0.25) is 0 Å². The third-order valence-electron chi connectivity index (χ3n) is 2.87. The van der Waals surface area contributed by atoms with Gasteiger partial charge in [-0.25, -0.2) is 0 Å². The van der Waals surface area contributed by atoms with Crippen LogP contribution in [0, 0.1) is 6.92 Å². The van der Waals surface area contributed by atoms with Gasteiger partial charge in [-0.05, 0) is 51.0 Å². The summed E-state index contributed by atoms with van der Waals surface area (Å²) in [6, 6.07) is 5.79. The number of hydrogen-bond donors (Lipinski definition) is 0.